The minimum absolute atomic E-state index is 0.0921. The average Bonchev–Trinajstić information content (AvgIpc) is 2.28. The molecule has 0 aromatic rings. The number of rotatable bonds is 2. The van der Waals surface area contributed by atoms with Gasteiger partial charge in [0.15, 0.2) is 0 Å². The van der Waals surface area contributed by atoms with Crippen LogP contribution in [0.4, 0.5) is 0 Å². The number of nitrogens with zero attached hydrogens (tertiary/aromatic N) is 1. The predicted octanol–water partition coefficient (Wildman–Crippen LogP) is 1.32. The van der Waals surface area contributed by atoms with Gasteiger partial charge in [-0.25, -0.2) is 0 Å². The number of ether oxygens (including phenoxy) is 1. The van der Waals surface area contributed by atoms with Crippen molar-refractivity contribution in [1.29, 1.82) is 0 Å². The Hall–Kier alpha value is -0.420. The van der Waals surface area contributed by atoms with Crippen molar-refractivity contribution in [2.24, 2.45) is 0 Å². The first-order valence-corrected chi connectivity index (χ1v) is 8.25. The topological polar surface area (TPSA) is 46.6 Å². The first kappa shape index (κ1) is 14.0. The summed E-state index contributed by atoms with van der Waals surface area (Å²) in [6, 6.07) is 0. The summed E-state index contributed by atoms with van der Waals surface area (Å²) in [4.78, 5) is 14.2. The Morgan fingerprint density at radius 2 is 2.22 bits per heavy atom. The highest BCUT2D eigenvalue weighted by Gasteiger charge is 2.37. The molecule has 0 aliphatic carbocycles. The van der Waals surface area contributed by atoms with Gasteiger partial charge in [-0.1, -0.05) is 0 Å². The van der Waals surface area contributed by atoms with E-state index in [-0.39, 0.29) is 17.6 Å². The van der Waals surface area contributed by atoms with E-state index in [0.29, 0.717) is 24.5 Å². The van der Waals surface area contributed by atoms with E-state index in [1.54, 1.807) is 0 Å². The molecule has 2 aliphatic heterocycles. The van der Waals surface area contributed by atoms with E-state index in [4.69, 9.17) is 4.74 Å². The van der Waals surface area contributed by atoms with Crippen molar-refractivity contribution in [3.63, 3.8) is 0 Å². The SMILES string of the molecule is CC1(C)C[S@@](=O)CCN1C(=O)C[C@H]1CCCCO1. The van der Waals surface area contributed by atoms with Crippen molar-refractivity contribution in [2.45, 2.75) is 51.2 Å². The third-order valence-electron chi connectivity index (χ3n) is 3.76. The average molecular weight is 273 g/mol. The molecule has 0 N–H and O–H groups in total. The quantitative estimate of drug-likeness (QED) is 0.762. The third-order valence-corrected chi connectivity index (χ3v) is 5.43. The smallest absolute Gasteiger partial charge is 0.225 e. The van der Waals surface area contributed by atoms with Crippen molar-refractivity contribution in [1.82, 2.24) is 4.90 Å². The molecule has 2 fully saturated rings. The van der Waals surface area contributed by atoms with E-state index in [9.17, 15) is 9.00 Å². The Kier molecular flexibility index (Phi) is 4.43. The van der Waals surface area contributed by atoms with E-state index in [0.717, 1.165) is 25.9 Å². The summed E-state index contributed by atoms with van der Waals surface area (Å²) in [6.07, 6.45) is 3.83. The maximum Gasteiger partial charge on any atom is 0.225 e. The molecule has 2 aliphatic rings. The monoisotopic (exact) mass is 273 g/mol. The zero-order valence-electron chi connectivity index (χ0n) is 11.3. The van der Waals surface area contributed by atoms with E-state index in [2.05, 4.69) is 0 Å². The lowest BCUT2D eigenvalue weighted by molar-refractivity contribution is -0.139. The number of hydrogen-bond donors (Lipinski definition) is 0. The van der Waals surface area contributed by atoms with Gasteiger partial charge in [-0.05, 0) is 33.1 Å². The number of carbonyl (C=O) groups is 1. The largest absolute Gasteiger partial charge is 0.378 e. The second-order valence-corrected chi connectivity index (χ2v) is 7.42. The lowest BCUT2D eigenvalue weighted by Gasteiger charge is -2.42. The van der Waals surface area contributed by atoms with Gasteiger partial charge in [0.25, 0.3) is 0 Å². The molecule has 18 heavy (non-hydrogen) atoms. The highest BCUT2D eigenvalue weighted by molar-refractivity contribution is 7.85. The Balaban J connectivity index is 1.93. The number of carbonyl (C=O) groups excluding carboxylic acids is 1. The zero-order valence-corrected chi connectivity index (χ0v) is 12.1. The minimum Gasteiger partial charge on any atom is -0.378 e. The highest BCUT2D eigenvalue weighted by Crippen LogP contribution is 2.24. The van der Waals surface area contributed by atoms with Crippen molar-refractivity contribution in [3.05, 3.63) is 0 Å². The van der Waals surface area contributed by atoms with E-state index < -0.39 is 10.8 Å². The van der Waals surface area contributed by atoms with Crippen LogP contribution < -0.4 is 0 Å². The van der Waals surface area contributed by atoms with Gasteiger partial charge in [0.1, 0.15) is 0 Å². The van der Waals surface area contributed by atoms with Crippen molar-refractivity contribution in [2.75, 3.05) is 24.7 Å². The molecule has 2 rings (SSSR count). The molecule has 0 spiro atoms. The molecule has 2 saturated heterocycles. The molecule has 0 bridgehead atoms. The van der Waals surface area contributed by atoms with Crippen LogP contribution in [0.25, 0.3) is 0 Å². The van der Waals surface area contributed by atoms with E-state index in [1.807, 2.05) is 18.7 Å². The summed E-state index contributed by atoms with van der Waals surface area (Å²) in [5.74, 6) is 1.36. The summed E-state index contributed by atoms with van der Waals surface area (Å²) in [5, 5.41) is 0. The molecule has 2 heterocycles. The number of hydrogen-bond acceptors (Lipinski definition) is 3. The summed E-state index contributed by atoms with van der Waals surface area (Å²) in [7, 11) is -0.779. The van der Waals surface area contributed by atoms with Crippen LogP contribution in [0.1, 0.15) is 39.5 Å². The van der Waals surface area contributed by atoms with Crippen molar-refractivity contribution < 1.29 is 13.7 Å². The summed E-state index contributed by atoms with van der Waals surface area (Å²) in [6.45, 7) is 5.41. The fraction of sp³-hybridized carbons (Fsp3) is 0.923. The van der Waals surface area contributed by atoms with E-state index >= 15 is 0 Å². The van der Waals surface area contributed by atoms with Gasteiger partial charge >= 0.3 is 0 Å². The predicted molar refractivity (Wildman–Crippen MR) is 71.9 cm³/mol. The maximum absolute atomic E-state index is 12.3. The fourth-order valence-corrected chi connectivity index (χ4v) is 4.25. The van der Waals surface area contributed by atoms with Crippen LogP contribution in [-0.2, 0) is 20.3 Å². The normalized spacial score (nSPS) is 32.2. The molecule has 1 amide bonds. The Bertz CT molecular complexity index is 337. The molecular weight excluding hydrogens is 250 g/mol. The molecule has 104 valence electrons. The van der Waals surface area contributed by atoms with Gasteiger partial charge in [0.2, 0.25) is 5.91 Å². The Morgan fingerprint density at radius 3 is 2.83 bits per heavy atom. The van der Waals surface area contributed by atoms with Gasteiger partial charge in [-0.15, -0.1) is 0 Å². The third kappa shape index (κ3) is 3.32. The summed E-state index contributed by atoms with van der Waals surface area (Å²) in [5.41, 5.74) is -0.283. The lowest BCUT2D eigenvalue weighted by Crippen LogP contribution is -2.56. The molecular formula is C13H23NO3S. The molecule has 0 saturated carbocycles. The van der Waals surface area contributed by atoms with Crippen molar-refractivity contribution in [3.8, 4) is 0 Å². The van der Waals surface area contributed by atoms with Crippen LogP contribution >= 0.6 is 0 Å². The van der Waals surface area contributed by atoms with Crippen LogP contribution in [0.15, 0.2) is 0 Å². The van der Waals surface area contributed by atoms with Gasteiger partial charge in [0.05, 0.1) is 12.5 Å². The second-order valence-electron chi connectivity index (χ2n) is 5.84. The van der Waals surface area contributed by atoms with Gasteiger partial charge in [-0.3, -0.25) is 9.00 Å². The minimum atomic E-state index is -0.779. The first-order chi connectivity index (χ1) is 8.49. The van der Waals surface area contributed by atoms with E-state index in [1.165, 1.54) is 0 Å². The van der Waals surface area contributed by atoms with Crippen LogP contribution in [0, 0.1) is 0 Å². The van der Waals surface area contributed by atoms with Gasteiger partial charge in [0, 0.05) is 41.0 Å². The number of amides is 1. The molecule has 2 atom stereocenters. The summed E-state index contributed by atoms with van der Waals surface area (Å²) >= 11 is 0. The van der Waals surface area contributed by atoms with Crippen LogP contribution in [0.5, 0.6) is 0 Å². The standard InChI is InChI=1S/C13H23NO3S/c1-13(2)10-18(16)8-6-14(13)12(15)9-11-5-3-4-7-17-11/h11H,3-10H2,1-2H3/t11-,18+/m1/s1. The molecule has 5 heteroatoms. The molecule has 0 aromatic heterocycles. The zero-order chi connectivity index (χ0) is 13.2. The van der Waals surface area contributed by atoms with Gasteiger partial charge in [-0.2, -0.15) is 0 Å². The van der Waals surface area contributed by atoms with Crippen LogP contribution in [0.2, 0.25) is 0 Å². The van der Waals surface area contributed by atoms with Crippen LogP contribution in [0.3, 0.4) is 0 Å². The molecule has 4 nitrogen and oxygen atoms in total. The first-order valence-electron chi connectivity index (χ1n) is 6.76. The second kappa shape index (κ2) is 5.70. The fourth-order valence-electron chi connectivity index (χ4n) is 2.78. The molecule has 0 unspecified atom stereocenters. The van der Waals surface area contributed by atoms with Crippen LogP contribution in [-0.4, -0.2) is 51.3 Å². The molecule has 0 aromatic carbocycles. The Labute approximate surface area is 112 Å². The lowest BCUT2D eigenvalue weighted by atomic mass is 10.0. The molecule has 0 radical (unpaired) electrons. The van der Waals surface area contributed by atoms with Crippen molar-refractivity contribution >= 4 is 16.7 Å². The highest BCUT2D eigenvalue weighted by atomic mass is 32.2. The van der Waals surface area contributed by atoms with Gasteiger partial charge < -0.3 is 9.64 Å². The Morgan fingerprint density at radius 1 is 1.44 bits per heavy atom. The maximum atomic E-state index is 12.3. The summed E-state index contributed by atoms with van der Waals surface area (Å²) < 4.78 is 17.2.